The van der Waals surface area contributed by atoms with Gasteiger partial charge in [-0.05, 0) is 29.8 Å². The number of nitro groups is 1. The Morgan fingerprint density at radius 1 is 1.15 bits per heavy atom. The first kappa shape index (κ1) is 14.3. The number of rotatable bonds is 3. The van der Waals surface area contributed by atoms with Crippen molar-refractivity contribution in [2.75, 3.05) is 5.73 Å². The van der Waals surface area contributed by atoms with E-state index >= 15 is 0 Å². The van der Waals surface area contributed by atoms with Crippen molar-refractivity contribution in [3.05, 3.63) is 62.1 Å². The molecule has 2 N–H and O–H groups in total. The quantitative estimate of drug-likeness (QED) is 0.398. The number of nitrogens with two attached hydrogens (primary N) is 1. The average Bonchev–Trinajstić information content (AvgIpc) is 2.42. The van der Waals surface area contributed by atoms with Gasteiger partial charge in [0.05, 0.1) is 26.3 Å². The molecule has 0 saturated heterocycles. The van der Waals surface area contributed by atoms with Gasteiger partial charge in [0.2, 0.25) is 0 Å². The first-order chi connectivity index (χ1) is 9.47. The standard InChI is InChI=1S/C13H9Cl2N3O2/c14-11-5-9(6-12(15)13(11)16)17-7-8-1-3-10(4-2-8)18(19)20/h1-7H,16H2. The summed E-state index contributed by atoms with van der Waals surface area (Å²) >= 11 is 11.8. The summed E-state index contributed by atoms with van der Waals surface area (Å²) < 4.78 is 0. The zero-order valence-electron chi connectivity index (χ0n) is 10.1. The summed E-state index contributed by atoms with van der Waals surface area (Å²) in [6, 6.07) is 9.19. The van der Waals surface area contributed by atoms with Crippen LogP contribution < -0.4 is 5.73 Å². The molecule has 0 aromatic heterocycles. The molecule has 0 bridgehead atoms. The molecule has 2 aromatic carbocycles. The van der Waals surface area contributed by atoms with Gasteiger partial charge in [-0.1, -0.05) is 23.2 Å². The Bertz CT molecular complexity index is 662. The van der Waals surface area contributed by atoms with E-state index in [1.165, 1.54) is 12.1 Å². The Morgan fingerprint density at radius 3 is 2.20 bits per heavy atom. The summed E-state index contributed by atoms with van der Waals surface area (Å²) in [6.45, 7) is 0. The highest BCUT2D eigenvalue weighted by Gasteiger charge is 2.04. The maximum absolute atomic E-state index is 10.5. The lowest BCUT2D eigenvalue weighted by molar-refractivity contribution is -0.384. The van der Waals surface area contributed by atoms with Crippen molar-refractivity contribution in [3.8, 4) is 0 Å². The summed E-state index contributed by atoms with van der Waals surface area (Å²) in [5, 5.41) is 11.2. The molecule has 7 heteroatoms. The molecule has 102 valence electrons. The maximum atomic E-state index is 10.5. The van der Waals surface area contributed by atoms with Crippen LogP contribution in [-0.2, 0) is 0 Å². The second kappa shape index (κ2) is 5.90. The highest BCUT2D eigenvalue weighted by Crippen LogP contribution is 2.32. The zero-order valence-corrected chi connectivity index (χ0v) is 11.6. The van der Waals surface area contributed by atoms with Crippen LogP contribution in [-0.4, -0.2) is 11.1 Å². The fraction of sp³-hybridized carbons (Fsp3) is 0. The molecule has 0 aliphatic rings. The fourth-order valence-corrected chi connectivity index (χ4v) is 1.95. The van der Waals surface area contributed by atoms with E-state index in [0.29, 0.717) is 21.4 Å². The summed E-state index contributed by atoms with van der Waals surface area (Å²) in [4.78, 5) is 14.3. The van der Waals surface area contributed by atoms with E-state index in [0.717, 1.165) is 5.56 Å². The number of halogens is 2. The Hall–Kier alpha value is -2.11. The summed E-state index contributed by atoms with van der Waals surface area (Å²) in [7, 11) is 0. The van der Waals surface area contributed by atoms with Crippen LogP contribution >= 0.6 is 23.2 Å². The van der Waals surface area contributed by atoms with Gasteiger partial charge >= 0.3 is 0 Å². The fourth-order valence-electron chi connectivity index (χ4n) is 1.48. The van der Waals surface area contributed by atoms with Gasteiger partial charge in [-0.25, -0.2) is 0 Å². The number of hydrogen-bond donors (Lipinski definition) is 1. The lowest BCUT2D eigenvalue weighted by atomic mass is 10.2. The van der Waals surface area contributed by atoms with E-state index in [1.807, 2.05) is 0 Å². The monoisotopic (exact) mass is 309 g/mol. The van der Waals surface area contributed by atoms with Gasteiger partial charge in [0.1, 0.15) is 0 Å². The minimum Gasteiger partial charge on any atom is -0.396 e. The summed E-state index contributed by atoms with van der Waals surface area (Å²) in [5.41, 5.74) is 7.23. The molecular weight excluding hydrogens is 301 g/mol. The molecule has 0 aliphatic carbocycles. The van der Waals surface area contributed by atoms with Gasteiger partial charge in [0.15, 0.2) is 0 Å². The molecule has 0 atom stereocenters. The lowest BCUT2D eigenvalue weighted by Gasteiger charge is -2.02. The molecule has 20 heavy (non-hydrogen) atoms. The first-order valence-electron chi connectivity index (χ1n) is 5.50. The van der Waals surface area contributed by atoms with Crippen LogP contribution in [0.1, 0.15) is 5.56 Å². The number of nitro benzene ring substituents is 1. The molecule has 2 aromatic rings. The molecule has 5 nitrogen and oxygen atoms in total. The topological polar surface area (TPSA) is 81.5 Å². The van der Waals surface area contributed by atoms with Gasteiger partial charge in [-0.15, -0.1) is 0 Å². The van der Waals surface area contributed by atoms with E-state index in [1.54, 1.807) is 30.5 Å². The number of aliphatic imine (C=N–C) groups is 1. The minimum atomic E-state index is -0.458. The molecule has 0 spiro atoms. The Balaban J connectivity index is 2.23. The molecular formula is C13H9Cl2N3O2. The van der Waals surface area contributed by atoms with Crippen molar-refractivity contribution in [1.82, 2.24) is 0 Å². The highest BCUT2D eigenvalue weighted by atomic mass is 35.5. The Kier molecular flexibility index (Phi) is 4.22. The van der Waals surface area contributed by atoms with E-state index in [4.69, 9.17) is 28.9 Å². The van der Waals surface area contributed by atoms with Crippen molar-refractivity contribution in [2.24, 2.45) is 4.99 Å². The smallest absolute Gasteiger partial charge is 0.269 e. The van der Waals surface area contributed by atoms with Crippen LogP contribution in [0.2, 0.25) is 10.0 Å². The Morgan fingerprint density at radius 2 is 1.70 bits per heavy atom. The predicted molar refractivity (Wildman–Crippen MR) is 81.2 cm³/mol. The summed E-state index contributed by atoms with van der Waals surface area (Å²) in [5.74, 6) is 0. The predicted octanol–water partition coefficient (Wildman–Crippen LogP) is 4.23. The number of nitrogen functional groups attached to an aromatic ring is 1. The second-order valence-electron chi connectivity index (χ2n) is 3.93. The lowest BCUT2D eigenvalue weighted by Crippen LogP contribution is -1.89. The third-order valence-corrected chi connectivity index (χ3v) is 3.16. The van der Waals surface area contributed by atoms with E-state index in [-0.39, 0.29) is 5.69 Å². The van der Waals surface area contributed by atoms with Gasteiger partial charge < -0.3 is 5.73 Å². The largest absolute Gasteiger partial charge is 0.396 e. The molecule has 2 rings (SSSR count). The number of hydrogen-bond acceptors (Lipinski definition) is 4. The zero-order chi connectivity index (χ0) is 14.7. The van der Waals surface area contributed by atoms with E-state index in [2.05, 4.69) is 4.99 Å². The highest BCUT2D eigenvalue weighted by molar-refractivity contribution is 6.39. The first-order valence-corrected chi connectivity index (χ1v) is 6.26. The molecule has 0 heterocycles. The molecule has 0 saturated carbocycles. The minimum absolute atomic E-state index is 0.0284. The third kappa shape index (κ3) is 3.26. The van der Waals surface area contributed by atoms with Crippen molar-refractivity contribution < 1.29 is 4.92 Å². The van der Waals surface area contributed by atoms with Crippen LogP contribution in [0.3, 0.4) is 0 Å². The Labute approximate surface area is 124 Å². The van der Waals surface area contributed by atoms with Crippen molar-refractivity contribution >= 4 is 46.5 Å². The van der Waals surface area contributed by atoms with E-state index in [9.17, 15) is 10.1 Å². The van der Waals surface area contributed by atoms with Crippen LogP contribution in [0, 0.1) is 10.1 Å². The molecule has 0 fully saturated rings. The summed E-state index contributed by atoms with van der Waals surface area (Å²) in [6.07, 6.45) is 1.56. The van der Waals surface area contributed by atoms with Gasteiger partial charge in [0, 0.05) is 18.3 Å². The average molecular weight is 310 g/mol. The van der Waals surface area contributed by atoms with Crippen molar-refractivity contribution in [2.45, 2.75) is 0 Å². The number of non-ortho nitro benzene ring substituents is 1. The molecule has 0 radical (unpaired) electrons. The van der Waals surface area contributed by atoms with Crippen LogP contribution in [0.15, 0.2) is 41.4 Å². The van der Waals surface area contributed by atoms with Crippen LogP contribution in [0.5, 0.6) is 0 Å². The number of anilines is 1. The normalized spacial score (nSPS) is 10.9. The number of benzene rings is 2. The van der Waals surface area contributed by atoms with Crippen LogP contribution in [0.4, 0.5) is 17.1 Å². The van der Waals surface area contributed by atoms with Gasteiger partial charge in [-0.2, -0.15) is 0 Å². The SMILES string of the molecule is Nc1c(Cl)cc(N=Cc2ccc([N+](=O)[O-])cc2)cc1Cl. The second-order valence-corrected chi connectivity index (χ2v) is 4.74. The van der Waals surface area contributed by atoms with E-state index < -0.39 is 4.92 Å². The molecule has 0 unspecified atom stereocenters. The van der Waals surface area contributed by atoms with Crippen LogP contribution in [0.25, 0.3) is 0 Å². The third-order valence-electron chi connectivity index (χ3n) is 2.53. The van der Waals surface area contributed by atoms with Crippen molar-refractivity contribution in [3.63, 3.8) is 0 Å². The van der Waals surface area contributed by atoms with Crippen molar-refractivity contribution in [1.29, 1.82) is 0 Å². The van der Waals surface area contributed by atoms with Gasteiger partial charge in [0.25, 0.3) is 5.69 Å². The maximum Gasteiger partial charge on any atom is 0.269 e. The van der Waals surface area contributed by atoms with Gasteiger partial charge in [-0.3, -0.25) is 15.1 Å². The molecule has 0 aliphatic heterocycles. The molecule has 0 amide bonds. The number of nitrogens with zero attached hydrogens (tertiary/aromatic N) is 2.